The highest BCUT2D eigenvalue weighted by atomic mass is 16.4. The Labute approximate surface area is 260 Å². The number of fused-ring (bicyclic) bond motifs is 1. The van der Waals surface area contributed by atoms with Crippen LogP contribution in [0.5, 0.6) is 0 Å². The van der Waals surface area contributed by atoms with Crippen LogP contribution in [0.3, 0.4) is 0 Å². The Hall–Kier alpha value is -3.99. The predicted molar refractivity (Wildman–Crippen MR) is 171 cm³/mol. The van der Waals surface area contributed by atoms with Crippen molar-refractivity contribution in [1.82, 2.24) is 21.3 Å². The van der Waals surface area contributed by atoms with Gasteiger partial charge in [-0.2, -0.15) is 0 Å². The number of nitrogens with two attached hydrogens (primary N) is 1. The summed E-state index contributed by atoms with van der Waals surface area (Å²) in [6.45, 7) is 2.92. The van der Waals surface area contributed by atoms with E-state index in [0.717, 1.165) is 61.4 Å². The molecule has 11 heteroatoms. The van der Waals surface area contributed by atoms with E-state index in [1.165, 1.54) is 0 Å². The molecule has 2 unspecified atom stereocenters. The SMILES string of the molecule is CCCCNC(=O)CCCCCCC(=O)NCCCCC(NC(=O)C(Cc1ccc2ccccc2c1)NC(=O)CN)C(=O)O. The number of amides is 4. The number of hydrogen-bond donors (Lipinski definition) is 6. The molecule has 0 aliphatic heterocycles. The van der Waals surface area contributed by atoms with Gasteiger partial charge in [-0.15, -0.1) is 0 Å². The van der Waals surface area contributed by atoms with Crippen molar-refractivity contribution in [2.24, 2.45) is 5.73 Å². The van der Waals surface area contributed by atoms with Gasteiger partial charge in [-0.25, -0.2) is 4.79 Å². The quantitative estimate of drug-likeness (QED) is 0.111. The number of aliphatic carboxylic acids is 1. The number of rotatable bonds is 22. The Bertz CT molecular complexity index is 1220. The zero-order chi connectivity index (χ0) is 32.2. The van der Waals surface area contributed by atoms with Gasteiger partial charge in [0.25, 0.3) is 0 Å². The van der Waals surface area contributed by atoms with E-state index in [1.807, 2.05) is 42.5 Å². The molecule has 2 rings (SSSR count). The van der Waals surface area contributed by atoms with Gasteiger partial charge in [0.1, 0.15) is 12.1 Å². The summed E-state index contributed by atoms with van der Waals surface area (Å²) in [4.78, 5) is 60.9. The Kier molecular flexibility index (Phi) is 17.1. The lowest BCUT2D eigenvalue weighted by Gasteiger charge is -2.22. The first kappa shape index (κ1) is 36.2. The summed E-state index contributed by atoms with van der Waals surface area (Å²) < 4.78 is 0. The number of hydrogen-bond acceptors (Lipinski definition) is 6. The maximum absolute atomic E-state index is 13.1. The van der Waals surface area contributed by atoms with Crippen molar-refractivity contribution < 1.29 is 29.1 Å². The average Bonchev–Trinajstić information content (AvgIpc) is 3.01. The highest BCUT2D eigenvalue weighted by molar-refractivity contribution is 5.91. The normalized spacial score (nSPS) is 12.2. The van der Waals surface area contributed by atoms with Crippen LogP contribution in [0.1, 0.15) is 83.1 Å². The minimum absolute atomic E-state index is 0.0578. The highest BCUT2D eigenvalue weighted by Crippen LogP contribution is 2.17. The molecular weight excluding hydrogens is 562 g/mol. The molecule has 0 saturated carbocycles. The van der Waals surface area contributed by atoms with Crippen molar-refractivity contribution in [2.75, 3.05) is 19.6 Å². The van der Waals surface area contributed by atoms with Gasteiger partial charge in [-0.1, -0.05) is 68.7 Å². The van der Waals surface area contributed by atoms with Crippen molar-refractivity contribution >= 4 is 40.4 Å². The maximum atomic E-state index is 13.1. The van der Waals surface area contributed by atoms with Crippen LogP contribution in [0.25, 0.3) is 10.8 Å². The fourth-order valence-electron chi connectivity index (χ4n) is 4.80. The van der Waals surface area contributed by atoms with E-state index in [9.17, 15) is 29.1 Å². The van der Waals surface area contributed by atoms with Crippen LogP contribution in [0.4, 0.5) is 0 Å². The Morgan fingerprint density at radius 2 is 1.36 bits per heavy atom. The predicted octanol–water partition coefficient (Wildman–Crippen LogP) is 2.94. The molecule has 0 heterocycles. The Morgan fingerprint density at radius 3 is 1.98 bits per heavy atom. The second-order valence-corrected chi connectivity index (χ2v) is 11.1. The number of carbonyl (C=O) groups is 5. The standard InChI is InChI=1S/C33H49N5O6/c1-2-3-19-35-29(39)15-6-4-5-7-16-30(40)36-20-11-10-14-27(33(43)44)38-32(42)28(37-31(41)23-34)22-24-17-18-25-12-8-9-13-26(25)21-24/h8-9,12-13,17-18,21,27-28H,2-7,10-11,14-16,19-20,22-23,34H2,1H3,(H,35,39)(H,36,40)(H,37,41)(H,38,42)(H,43,44). The minimum Gasteiger partial charge on any atom is -0.480 e. The molecule has 2 aromatic rings. The Morgan fingerprint density at radius 1 is 0.727 bits per heavy atom. The van der Waals surface area contributed by atoms with E-state index in [2.05, 4.69) is 28.2 Å². The first-order valence-corrected chi connectivity index (χ1v) is 15.8. The lowest BCUT2D eigenvalue weighted by atomic mass is 10.0. The summed E-state index contributed by atoms with van der Waals surface area (Å²) in [6, 6.07) is 11.4. The van der Waals surface area contributed by atoms with Crippen LogP contribution in [-0.4, -0.2) is 66.4 Å². The molecule has 0 radical (unpaired) electrons. The molecule has 0 spiro atoms. The molecule has 0 bridgehead atoms. The molecule has 242 valence electrons. The first-order valence-electron chi connectivity index (χ1n) is 15.8. The smallest absolute Gasteiger partial charge is 0.326 e. The first-order chi connectivity index (χ1) is 21.2. The second-order valence-electron chi connectivity index (χ2n) is 11.1. The van der Waals surface area contributed by atoms with Gasteiger partial charge < -0.3 is 32.1 Å². The lowest BCUT2D eigenvalue weighted by Crippen LogP contribution is -2.53. The van der Waals surface area contributed by atoms with E-state index in [0.29, 0.717) is 32.2 Å². The van der Waals surface area contributed by atoms with Crippen LogP contribution in [-0.2, 0) is 30.4 Å². The fraction of sp³-hybridized carbons (Fsp3) is 0.545. The summed E-state index contributed by atoms with van der Waals surface area (Å²) >= 11 is 0. The number of carboxylic acids is 1. The second kappa shape index (κ2) is 20.8. The van der Waals surface area contributed by atoms with Crippen LogP contribution < -0.4 is 27.0 Å². The van der Waals surface area contributed by atoms with Crippen molar-refractivity contribution in [3.05, 3.63) is 48.0 Å². The molecule has 2 aromatic carbocycles. The summed E-state index contributed by atoms with van der Waals surface area (Å²) in [6.07, 6.45) is 7.68. The van der Waals surface area contributed by atoms with E-state index < -0.39 is 29.9 Å². The van der Waals surface area contributed by atoms with Crippen molar-refractivity contribution in [2.45, 2.75) is 96.1 Å². The summed E-state index contributed by atoms with van der Waals surface area (Å²) in [5.74, 6) is -2.26. The van der Waals surface area contributed by atoms with Crippen LogP contribution >= 0.6 is 0 Å². The van der Waals surface area contributed by atoms with Crippen LogP contribution in [0.15, 0.2) is 42.5 Å². The molecule has 0 saturated heterocycles. The minimum atomic E-state index is -1.17. The Balaban J connectivity index is 1.71. The van der Waals surface area contributed by atoms with Gasteiger partial charge in [-0.05, 0) is 54.9 Å². The number of carbonyl (C=O) groups excluding carboxylic acids is 4. The van der Waals surface area contributed by atoms with Crippen molar-refractivity contribution in [3.8, 4) is 0 Å². The van der Waals surface area contributed by atoms with Gasteiger partial charge >= 0.3 is 5.97 Å². The van der Waals surface area contributed by atoms with Gasteiger partial charge in [0, 0.05) is 32.4 Å². The van der Waals surface area contributed by atoms with Gasteiger partial charge in [-0.3, -0.25) is 19.2 Å². The molecule has 0 aliphatic carbocycles. The molecule has 0 aromatic heterocycles. The monoisotopic (exact) mass is 611 g/mol. The van der Waals surface area contributed by atoms with Crippen LogP contribution in [0.2, 0.25) is 0 Å². The largest absolute Gasteiger partial charge is 0.480 e. The van der Waals surface area contributed by atoms with E-state index in [4.69, 9.17) is 5.73 Å². The zero-order valence-corrected chi connectivity index (χ0v) is 25.9. The lowest BCUT2D eigenvalue weighted by molar-refractivity contribution is -0.142. The molecule has 0 aliphatic rings. The molecule has 2 atom stereocenters. The van der Waals surface area contributed by atoms with E-state index in [-0.39, 0.29) is 31.2 Å². The third kappa shape index (κ3) is 14.5. The number of nitrogens with one attached hydrogen (secondary N) is 4. The van der Waals surface area contributed by atoms with Gasteiger partial charge in [0.05, 0.1) is 6.54 Å². The third-order valence-corrected chi connectivity index (χ3v) is 7.36. The molecule has 0 fully saturated rings. The van der Waals surface area contributed by atoms with Crippen LogP contribution in [0, 0.1) is 0 Å². The molecular formula is C33H49N5O6. The third-order valence-electron chi connectivity index (χ3n) is 7.36. The fourth-order valence-corrected chi connectivity index (χ4v) is 4.80. The maximum Gasteiger partial charge on any atom is 0.326 e. The molecule has 11 nitrogen and oxygen atoms in total. The van der Waals surface area contributed by atoms with E-state index in [1.54, 1.807) is 0 Å². The van der Waals surface area contributed by atoms with Crippen molar-refractivity contribution in [1.29, 1.82) is 0 Å². The summed E-state index contributed by atoms with van der Waals surface area (Å²) in [5, 5.41) is 22.7. The molecule has 4 amide bonds. The van der Waals surface area contributed by atoms with E-state index >= 15 is 0 Å². The molecule has 7 N–H and O–H groups in total. The topological polar surface area (TPSA) is 180 Å². The zero-order valence-electron chi connectivity index (χ0n) is 25.9. The van der Waals surface area contributed by atoms with Crippen molar-refractivity contribution in [3.63, 3.8) is 0 Å². The van der Waals surface area contributed by atoms with Gasteiger partial charge in [0.2, 0.25) is 23.6 Å². The molecule has 44 heavy (non-hydrogen) atoms. The number of carboxylic acid groups (broad SMARTS) is 1. The van der Waals surface area contributed by atoms with Gasteiger partial charge in [0.15, 0.2) is 0 Å². The number of benzene rings is 2. The highest BCUT2D eigenvalue weighted by Gasteiger charge is 2.26. The average molecular weight is 612 g/mol. The number of unbranched alkanes of at least 4 members (excludes halogenated alkanes) is 5. The summed E-state index contributed by atoms with van der Waals surface area (Å²) in [5.41, 5.74) is 6.26. The summed E-state index contributed by atoms with van der Waals surface area (Å²) in [7, 11) is 0.